The number of rotatable bonds is 3. The Morgan fingerprint density at radius 1 is 1.04 bits per heavy atom. The van der Waals surface area contributed by atoms with Crippen molar-refractivity contribution < 1.29 is 4.42 Å². The Labute approximate surface area is 144 Å². The summed E-state index contributed by atoms with van der Waals surface area (Å²) >= 11 is 0. The predicted octanol–water partition coefficient (Wildman–Crippen LogP) is 2.76. The summed E-state index contributed by atoms with van der Waals surface area (Å²) in [5.74, 6) is 2.11. The summed E-state index contributed by atoms with van der Waals surface area (Å²) in [6, 6.07) is 9.60. The average Bonchev–Trinajstić information content (AvgIpc) is 3.17. The van der Waals surface area contributed by atoms with Gasteiger partial charge in [-0.15, -0.1) is 0 Å². The molecule has 0 unspecified atom stereocenters. The molecule has 4 rings (SSSR count). The monoisotopic (exact) mass is 334 g/mol. The lowest BCUT2D eigenvalue weighted by Crippen LogP contribution is -2.05. The minimum absolute atomic E-state index is 0.183. The summed E-state index contributed by atoms with van der Waals surface area (Å²) in [4.78, 5) is 8.66. The Morgan fingerprint density at radius 2 is 1.88 bits per heavy atom. The van der Waals surface area contributed by atoms with Crippen LogP contribution in [0.3, 0.4) is 0 Å². The molecular weight excluding hydrogens is 316 g/mol. The Balaban J connectivity index is 1.84. The van der Waals surface area contributed by atoms with Crippen LogP contribution in [0.5, 0.6) is 0 Å². The van der Waals surface area contributed by atoms with Crippen molar-refractivity contribution in [3.05, 3.63) is 59.0 Å². The number of nitrogens with zero attached hydrogens (tertiary/aromatic N) is 4. The van der Waals surface area contributed by atoms with E-state index in [0.717, 1.165) is 28.1 Å². The predicted molar refractivity (Wildman–Crippen MR) is 96.0 cm³/mol. The lowest BCUT2D eigenvalue weighted by Gasteiger charge is -2.07. The van der Waals surface area contributed by atoms with Crippen LogP contribution in [-0.4, -0.2) is 19.6 Å². The number of hydrogen-bond donors (Lipinski definition) is 2. The molecule has 7 heteroatoms. The molecule has 0 bridgehead atoms. The maximum Gasteiger partial charge on any atom is 0.224 e. The van der Waals surface area contributed by atoms with Crippen molar-refractivity contribution >= 4 is 17.3 Å². The van der Waals surface area contributed by atoms with E-state index in [4.69, 9.17) is 15.9 Å². The van der Waals surface area contributed by atoms with Crippen LogP contribution in [0.25, 0.3) is 17.2 Å². The molecule has 0 aliphatic heterocycles. The average molecular weight is 334 g/mol. The fourth-order valence-electron chi connectivity index (χ4n) is 2.87. The van der Waals surface area contributed by atoms with Crippen LogP contribution in [0.4, 0.5) is 11.6 Å². The highest BCUT2D eigenvalue weighted by atomic mass is 16.3. The van der Waals surface area contributed by atoms with Crippen molar-refractivity contribution in [2.75, 3.05) is 11.5 Å². The zero-order valence-corrected chi connectivity index (χ0v) is 14.0. The van der Waals surface area contributed by atoms with E-state index in [9.17, 15) is 0 Å². The second-order valence-electron chi connectivity index (χ2n) is 6.08. The summed E-state index contributed by atoms with van der Waals surface area (Å²) in [7, 11) is 0. The highest BCUT2D eigenvalue weighted by molar-refractivity contribution is 5.60. The largest absolute Gasteiger partial charge is 0.458 e. The molecule has 1 aromatic carbocycles. The lowest BCUT2D eigenvalue weighted by atomic mass is 10.0. The van der Waals surface area contributed by atoms with Gasteiger partial charge in [0.05, 0.1) is 6.20 Å². The highest BCUT2D eigenvalue weighted by Gasteiger charge is 2.16. The van der Waals surface area contributed by atoms with Gasteiger partial charge in [0, 0.05) is 17.7 Å². The maximum absolute atomic E-state index is 5.92. The number of aryl methyl sites for hydroxylation is 2. The first kappa shape index (κ1) is 15.2. The Morgan fingerprint density at radius 3 is 2.64 bits per heavy atom. The fraction of sp³-hybridized carbons (Fsp3) is 0.167. The molecule has 0 atom stereocenters. The Hall–Kier alpha value is -3.35. The van der Waals surface area contributed by atoms with Gasteiger partial charge in [-0.2, -0.15) is 19.6 Å². The van der Waals surface area contributed by atoms with Gasteiger partial charge < -0.3 is 15.9 Å². The first-order valence-corrected chi connectivity index (χ1v) is 7.93. The SMILES string of the molecule is Cc1ccc(-c2nc(N)nc3c(Cc4cc(N)ccc4C)cnn23)o1. The van der Waals surface area contributed by atoms with E-state index in [2.05, 4.69) is 22.0 Å². The van der Waals surface area contributed by atoms with Crippen molar-refractivity contribution in [3.63, 3.8) is 0 Å². The number of nitrogens with two attached hydrogens (primary N) is 2. The molecule has 0 amide bonds. The van der Waals surface area contributed by atoms with Crippen LogP contribution in [0.15, 0.2) is 40.9 Å². The molecule has 4 N–H and O–H groups in total. The molecule has 3 heterocycles. The van der Waals surface area contributed by atoms with Gasteiger partial charge in [0.25, 0.3) is 0 Å². The third-order valence-electron chi connectivity index (χ3n) is 4.17. The van der Waals surface area contributed by atoms with E-state index in [1.54, 1.807) is 10.7 Å². The first-order valence-electron chi connectivity index (χ1n) is 7.93. The van der Waals surface area contributed by atoms with E-state index in [0.29, 0.717) is 23.7 Å². The highest BCUT2D eigenvalue weighted by Crippen LogP contribution is 2.24. The molecule has 126 valence electrons. The fourth-order valence-corrected chi connectivity index (χ4v) is 2.87. The summed E-state index contributed by atoms with van der Waals surface area (Å²) in [6.07, 6.45) is 2.44. The quantitative estimate of drug-likeness (QED) is 0.558. The number of hydrogen-bond acceptors (Lipinski definition) is 6. The molecule has 3 aromatic heterocycles. The molecule has 0 aliphatic rings. The van der Waals surface area contributed by atoms with E-state index in [1.165, 1.54) is 0 Å². The molecule has 0 aliphatic carbocycles. The van der Waals surface area contributed by atoms with Crippen LogP contribution in [0, 0.1) is 13.8 Å². The van der Waals surface area contributed by atoms with E-state index < -0.39 is 0 Å². The summed E-state index contributed by atoms with van der Waals surface area (Å²) in [6.45, 7) is 3.93. The lowest BCUT2D eigenvalue weighted by molar-refractivity contribution is 0.541. The first-order chi connectivity index (χ1) is 12.0. The molecule has 0 radical (unpaired) electrons. The minimum Gasteiger partial charge on any atom is -0.458 e. The maximum atomic E-state index is 5.92. The number of nitrogen functional groups attached to an aromatic ring is 2. The number of fused-ring (bicyclic) bond motifs is 1. The van der Waals surface area contributed by atoms with Crippen LogP contribution >= 0.6 is 0 Å². The molecule has 7 nitrogen and oxygen atoms in total. The Bertz CT molecular complexity index is 1080. The zero-order valence-electron chi connectivity index (χ0n) is 14.0. The van der Waals surface area contributed by atoms with Gasteiger partial charge in [-0.05, 0) is 49.2 Å². The van der Waals surface area contributed by atoms with E-state index in [1.807, 2.05) is 37.3 Å². The smallest absolute Gasteiger partial charge is 0.224 e. The molecule has 4 aromatic rings. The molecule has 0 saturated carbocycles. The third kappa shape index (κ3) is 2.69. The van der Waals surface area contributed by atoms with Crippen LogP contribution in [0.1, 0.15) is 22.5 Å². The van der Waals surface area contributed by atoms with Gasteiger partial charge in [-0.1, -0.05) is 6.07 Å². The Kier molecular flexibility index (Phi) is 3.42. The number of aromatic nitrogens is 4. The standard InChI is InChI=1S/C18H18N6O/c1-10-3-5-14(19)8-12(10)7-13-9-21-24-16(13)22-18(20)23-17(24)15-6-4-11(2)25-15/h3-6,8-9H,7,19H2,1-2H3,(H2,20,22). The second-order valence-corrected chi connectivity index (χ2v) is 6.08. The second kappa shape index (κ2) is 5.62. The van der Waals surface area contributed by atoms with Crippen LogP contribution < -0.4 is 11.5 Å². The third-order valence-corrected chi connectivity index (χ3v) is 4.17. The number of benzene rings is 1. The van der Waals surface area contributed by atoms with Crippen molar-refractivity contribution in [1.29, 1.82) is 0 Å². The minimum atomic E-state index is 0.183. The van der Waals surface area contributed by atoms with E-state index in [-0.39, 0.29) is 5.95 Å². The van der Waals surface area contributed by atoms with E-state index >= 15 is 0 Å². The topological polar surface area (TPSA) is 108 Å². The molecule has 0 spiro atoms. The van der Waals surface area contributed by atoms with Crippen molar-refractivity contribution in [1.82, 2.24) is 19.6 Å². The normalized spacial score (nSPS) is 11.3. The van der Waals surface area contributed by atoms with Gasteiger partial charge in [0.15, 0.2) is 11.4 Å². The number of anilines is 2. The summed E-state index contributed by atoms with van der Waals surface area (Å²) < 4.78 is 7.33. The molecule has 0 saturated heterocycles. The molecular formula is C18H18N6O. The van der Waals surface area contributed by atoms with Gasteiger partial charge >= 0.3 is 0 Å². The zero-order chi connectivity index (χ0) is 17.6. The van der Waals surface area contributed by atoms with Crippen LogP contribution in [0.2, 0.25) is 0 Å². The van der Waals surface area contributed by atoms with Gasteiger partial charge in [-0.25, -0.2) is 0 Å². The van der Waals surface area contributed by atoms with Gasteiger partial charge in [0.1, 0.15) is 5.76 Å². The summed E-state index contributed by atoms with van der Waals surface area (Å²) in [5, 5.41) is 4.44. The van der Waals surface area contributed by atoms with Crippen LogP contribution in [-0.2, 0) is 6.42 Å². The van der Waals surface area contributed by atoms with Crippen molar-refractivity contribution in [3.8, 4) is 11.6 Å². The van der Waals surface area contributed by atoms with Gasteiger partial charge in [-0.3, -0.25) is 0 Å². The van der Waals surface area contributed by atoms with Crippen molar-refractivity contribution in [2.24, 2.45) is 0 Å². The molecule has 25 heavy (non-hydrogen) atoms. The number of furan rings is 1. The summed E-state index contributed by atoms with van der Waals surface area (Å²) in [5.41, 5.74) is 16.5. The van der Waals surface area contributed by atoms with Crippen molar-refractivity contribution in [2.45, 2.75) is 20.3 Å². The molecule has 0 fully saturated rings. The van der Waals surface area contributed by atoms with Gasteiger partial charge in [0.2, 0.25) is 11.8 Å².